The SMILES string of the molecule is COCCNC[C@@H](O)COCc1cccc(OC)c1. The van der Waals surface area contributed by atoms with E-state index in [0.29, 0.717) is 26.4 Å². The van der Waals surface area contributed by atoms with Gasteiger partial charge in [-0.1, -0.05) is 12.1 Å². The number of rotatable bonds is 10. The molecule has 0 saturated heterocycles. The maximum absolute atomic E-state index is 9.67. The molecule has 0 aliphatic heterocycles. The van der Waals surface area contributed by atoms with Crippen molar-refractivity contribution in [1.29, 1.82) is 0 Å². The summed E-state index contributed by atoms with van der Waals surface area (Å²) >= 11 is 0. The lowest BCUT2D eigenvalue weighted by Gasteiger charge is -2.12. The van der Waals surface area contributed by atoms with E-state index in [9.17, 15) is 5.11 Å². The standard InChI is InChI=1S/C14H23NO4/c1-17-7-6-15-9-13(16)11-19-10-12-4-3-5-14(8-12)18-2/h3-5,8,13,15-16H,6-7,9-11H2,1-2H3/t13-/m1/s1. The van der Waals surface area contributed by atoms with Gasteiger partial charge in [-0.2, -0.15) is 0 Å². The molecule has 1 atom stereocenters. The molecule has 2 N–H and O–H groups in total. The smallest absolute Gasteiger partial charge is 0.119 e. The summed E-state index contributed by atoms with van der Waals surface area (Å²) in [6.45, 7) is 2.63. The van der Waals surface area contributed by atoms with Crippen LogP contribution in [0.25, 0.3) is 0 Å². The fourth-order valence-electron chi connectivity index (χ4n) is 1.58. The van der Waals surface area contributed by atoms with Crippen LogP contribution in [0.1, 0.15) is 5.56 Å². The molecule has 0 spiro atoms. The number of aliphatic hydroxyl groups excluding tert-OH is 1. The summed E-state index contributed by atoms with van der Waals surface area (Å²) < 4.78 is 15.5. The minimum atomic E-state index is -0.512. The lowest BCUT2D eigenvalue weighted by Crippen LogP contribution is -2.32. The first-order valence-electron chi connectivity index (χ1n) is 6.34. The molecule has 0 saturated carbocycles. The highest BCUT2D eigenvalue weighted by atomic mass is 16.5. The van der Waals surface area contributed by atoms with Crippen molar-refractivity contribution in [1.82, 2.24) is 5.32 Å². The van der Waals surface area contributed by atoms with E-state index in [1.54, 1.807) is 14.2 Å². The third kappa shape index (κ3) is 7.12. The van der Waals surface area contributed by atoms with Gasteiger partial charge in [0.25, 0.3) is 0 Å². The molecule has 108 valence electrons. The van der Waals surface area contributed by atoms with Crippen LogP contribution in [-0.2, 0) is 16.1 Å². The lowest BCUT2D eigenvalue weighted by molar-refractivity contribution is 0.0282. The van der Waals surface area contributed by atoms with E-state index in [2.05, 4.69) is 5.32 Å². The van der Waals surface area contributed by atoms with E-state index in [0.717, 1.165) is 17.9 Å². The predicted molar refractivity (Wildman–Crippen MR) is 73.4 cm³/mol. The summed E-state index contributed by atoms with van der Waals surface area (Å²) in [4.78, 5) is 0. The van der Waals surface area contributed by atoms with E-state index in [-0.39, 0.29) is 0 Å². The molecule has 0 heterocycles. The molecule has 0 aliphatic rings. The van der Waals surface area contributed by atoms with E-state index in [4.69, 9.17) is 14.2 Å². The lowest BCUT2D eigenvalue weighted by atomic mass is 10.2. The first kappa shape index (κ1) is 15.9. The highest BCUT2D eigenvalue weighted by molar-refractivity contribution is 5.27. The Bertz CT molecular complexity index is 346. The number of hydrogen-bond donors (Lipinski definition) is 2. The fourth-order valence-corrected chi connectivity index (χ4v) is 1.58. The minimum Gasteiger partial charge on any atom is -0.497 e. The van der Waals surface area contributed by atoms with Crippen molar-refractivity contribution in [2.24, 2.45) is 0 Å². The van der Waals surface area contributed by atoms with Gasteiger partial charge in [-0.3, -0.25) is 0 Å². The van der Waals surface area contributed by atoms with Gasteiger partial charge in [-0.05, 0) is 17.7 Å². The zero-order valence-electron chi connectivity index (χ0n) is 11.6. The van der Waals surface area contributed by atoms with Crippen LogP contribution in [0.2, 0.25) is 0 Å². The Labute approximate surface area is 114 Å². The average molecular weight is 269 g/mol. The minimum absolute atomic E-state index is 0.303. The third-order valence-electron chi connectivity index (χ3n) is 2.58. The Kier molecular flexibility index (Phi) is 8.16. The first-order chi connectivity index (χ1) is 9.26. The Balaban J connectivity index is 2.15. The molecular formula is C14H23NO4. The van der Waals surface area contributed by atoms with Crippen LogP contribution in [0.15, 0.2) is 24.3 Å². The van der Waals surface area contributed by atoms with Crippen LogP contribution >= 0.6 is 0 Å². The molecule has 1 aromatic rings. The quantitative estimate of drug-likeness (QED) is 0.616. The monoisotopic (exact) mass is 269 g/mol. The number of hydrogen-bond acceptors (Lipinski definition) is 5. The van der Waals surface area contributed by atoms with Crippen molar-refractivity contribution < 1.29 is 19.3 Å². The van der Waals surface area contributed by atoms with Gasteiger partial charge in [0.2, 0.25) is 0 Å². The van der Waals surface area contributed by atoms with Crippen molar-refractivity contribution in [3.05, 3.63) is 29.8 Å². The maximum Gasteiger partial charge on any atom is 0.119 e. The first-order valence-corrected chi connectivity index (χ1v) is 6.34. The molecule has 0 aromatic heterocycles. The summed E-state index contributed by atoms with van der Waals surface area (Å²) in [5, 5.41) is 12.8. The molecule has 0 radical (unpaired) electrons. The highest BCUT2D eigenvalue weighted by Gasteiger charge is 2.04. The predicted octanol–water partition coefficient (Wildman–Crippen LogP) is 0.809. The molecule has 0 bridgehead atoms. The molecule has 0 unspecified atom stereocenters. The summed E-state index contributed by atoms with van der Waals surface area (Å²) in [6, 6.07) is 7.69. The molecule has 5 heteroatoms. The zero-order chi connectivity index (χ0) is 13.9. The van der Waals surface area contributed by atoms with Crippen molar-refractivity contribution >= 4 is 0 Å². The molecule has 1 rings (SSSR count). The van der Waals surface area contributed by atoms with Gasteiger partial charge in [-0.15, -0.1) is 0 Å². The Morgan fingerprint density at radius 1 is 1.32 bits per heavy atom. The van der Waals surface area contributed by atoms with Crippen LogP contribution in [0.4, 0.5) is 0 Å². The Hall–Kier alpha value is -1.14. The van der Waals surface area contributed by atoms with Crippen LogP contribution in [-0.4, -0.2) is 51.7 Å². The fraction of sp³-hybridized carbons (Fsp3) is 0.571. The number of aliphatic hydroxyl groups is 1. The summed E-state index contributed by atoms with van der Waals surface area (Å²) in [5.41, 5.74) is 1.03. The van der Waals surface area contributed by atoms with Crippen molar-refractivity contribution in [3.8, 4) is 5.75 Å². The van der Waals surface area contributed by atoms with Gasteiger partial charge in [0, 0.05) is 20.2 Å². The van der Waals surface area contributed by atoms with E-state index in [1.807, 2.05) is 24.3 Å². The number of benzene rings is 1. The summed E-state index contributed by atoms with van der Waals surface area (Å²) in [5.74, 6) is 0.808. The topological polar surface area (TPSA) is 60.0 Å². The van der Waals surface area contributed by atoms with Gasteiger partial charge >= 0.3 is 0 Å². The highest BCUT2D eigenvalue weighted by Crippen LogP contribution is 2.13. The molecule has 0 amide bonds. The van der Waals surface area contributed by atoms with Crippen molar-refractivity contribution in [2.45, 2.75) is 12.7 Å². The molecule has 5 nitrogen and oxygen atoms in total. The molecule has 1 aromatic carbocycles. The Morgan fingerprint density at radius 3 is 2.89 bits per heavy atom. The van der Waals surface area contributed by atoms with Crippen LogP contribution in [0.3, 0.4) is 0 Å². The van der Waals surface area contributed by atoms with E-state index >= 15 is 0 Å². The second-order valence-electron chi connectivity index (χ2n) is 4.22. The van der Waals surface area contributed by atoms with E-state index < -0.39 is 6.10 Å². The second-order valence-corrected chi connectivity index (χ2v) is 4.22. The van der Waals surface area contributed by atoms with Gasteiger partial charge < -0.3 is 24.6 Å². The molecular weight excluding hydrogens is 246 g/mol. The normalized spacial score (nSPS) is 12.4. The van der Waals surface area contributed by atoms with Crippen LogP contribution in [0.5, 0.6) is 5.75 Å². The molecule has 0 aliphatic carbocycles. The van der Waals surface area contributed by atoms with Crippen LogP contribution in [0, 0.1) is 0 Å². The number of ether oxygens (including phenoxy) is 3. The summed E-state index contributed by atoms with van der Waals surface area (Å²) in [7, 11) is 3.28. The summed E-state index contributed by atoms with van der Waals surface area (Å²) in [6.07, 6.45) is -0.512. The largest absolute Gasteiger partial charge is 0.497 e. The van der Waals surface area contributed by atoms with Gasteiger partial charge in [0.15, 0.2) is 0 Å². The van der Waals surface area contributed by atoms with E-state index in [1.165, 1.54) is 0 Å². The average Bonchev–Trinajstić information content (AvgIpc) is 2.44. The molecule has 0 fully saturated rings. The van der Waals surface area contributed by atoms with Gasteiger partial charge in [0.05, 0.1) is 33.0 Å². The van der Waals surface area contributed by atoms with Gasteiger partial charge in [0.1, 0.15) is 5.75 Å². The van der Waals surface area contributed by atoms with Crippen molar-refractivity contribution in [2.75, 3.05) is 40.5 Å². The molecule has 19 heavy (non-hydrogen) atoms. The Morgan fingerprint density at radius 2 is 2.16 bits per heavy atom. The third-order valence-corrected chi connectivity index (χ3v) is 2.58. The maximum atomic E-state index is 9.67. The number of nitrogens with one attached hydrogen (secondary N) is 1. The van der Waals surface area contributed by atoms with Crippen LogP contribution < -0.4 is 10.1 Å². The van der Waals surface area contributed by atoms with Crippen molar-refractivity contribution in [3.63, 3.8) is 0 Å². The zero-order valence-corrected chi connectivity index (χ0v) is 11.6. The van der Waals surface area contributed by atoms with Gasteiger partial charge in [-0.25, -0.2) is 0 Å². The second kappa shape index (κ2) is 9.75. The number of methoxy groups -OCH3 is 2.